The van der Waals surface area contributed by atoms with Gasteiger partial charge in [-0.05, 0) is 44.0 Å². The van der Waals surface area contributed by atoms with Crippen LogP contribution in [0.5, 0.6) is 0 Å². The Morgan fingerprint density at radius 3 is 3.26 bits per heavy atom. The molecule has 106 valence electrons. The number of hydrogen-bond acceptors (Lipinski definition) is 4. The van der Waals surface area contributed by atoms with Gasteiger partial charge in [0, 0.05) is 19.6 Å². The molecule has 1 aromatic heterocycles. The second-order valence-electron chi connectivity index (χ2n) is 4.90. The summed E-state index contributed by atoms with van der Waals surface area (Å²) in [6, 6.07) is 3.73. The maximum absolute atomic E-state index is 11.6. The molecule has 1 unspecified atom stereocenters. The molecule has 5 nitrogen and oxygen atoms in total. The SMILES string of the molecule is O=C(CC1CCNC1)NCCCOCc1ccco1. The van der Waals surface area contributed by atoms with Gasteiger partial charge in [0.05, 0.1) is 6.26 Å². The van der Waals surface area contributed by atoms with E-state index < -0.39 is 0 Å². The molecule has 2 N–H and O–H groups in total. The lowest BCUT2D eigenvalue weighted by Crippen LogP contribution is -2.27. The number of hydrogen-bond donors (Lipinski definition) is 2. The second kappa shape index (κ2) is 7.96. The van der Waals surface area contributed by atoms with Gasteiger partial charge in [-0.3, -0.25) is 4.79 Å². The molecule has 1 fully saturated rings. The molecular weight excluding hydrogens is 244 g/mol. The van der Waals surface area contributed by atoms with E-state index >= 15 is 0 Å². The number of furan rings is 1. The largest absolute Gasteiger partial charge is 0.467 e. The summed E-state index contributed by atoms with van der Waals surface area (Å²) < 4.78 is 10.6. The molecule has 5 heteroatoms. The molecule has 1 aliphatic heterocycles. The highest BCUT2D eigenvalue weighted by Gasteiger charge is 2.17. The van der Waals surface area contributed by atoms with Crippen LogP contribution in [0, 0.1) is 5.92 Å². The van der Waals surface area contributed by atoms with Crippen LogP contribution in [0.4, 0.5) is 0 Å². The maximum Gasteiger partial charge on any atom is 0.220 e. The number of ether oxygens (including phenoxy) is 1. The van der Waals surface area contributed by atoms with Gasteiger partial charge in [0.25, 0.3) is 0 Å². The summed E-state index contributed by atoms with van der Waals surface area (Å²) in [5, 5.41) is 6.20. The van der Waals surface area contributed by atoms with E-state index in [0.29, 0.717) is 32.1 Å². The highest BCUT2D eigenvalue weighted by atomic mass is 16.5. The van der Waals surface area contributed by atoms with Crippen molar-refractivity contribution in [2.45, 2.75) is 25.9 Å². The zero-order chi connectivity index (χ0) is 13.3. The molecule has 0 bridgehead atoms. The fourth-order valence-electron chi connectivity index (χ4n) is 2.19. The topological polar surface area (TPSA) is 63.5 Å². The van der Waals surface area contributed by atoms with Crippen LogP contribution >= 0.6 is 0 Å². The zero-order valence-corrected chi connectivity index (χ0v) is 11.2. The van der Waals surface area contributed by atoms with Gasteiger partial charge in [-0.1, -0.05) is 0 Å². The van der Waals surface area contributed by atoms with Crippen LogP contribution in [0.15, 0.2) is 22.8 Å². The number of carbonyl (C=O) groups is 1. The van der Waals surface area contributed by atoms with Gasteiger partial charge in [0.1, 0.15) is 12.4 Å². The molecule has 1 atom stereocenters. The normalized spacial score (nSPS) is 18.6. The quantitative estimate of drug-likeness (QED) is 0.696. The smallest absolute Gasteiger partial charge is 0.220 e. The summed E-state index contributed by atoms with van der Waals surface area (Å²) in [5.41, 5.74) is 0. The molecular formula is C14H22N2O3. The predicted molar refractivity (Wildman–Crippen MR) is 71.6 cm³/mol. The lowest BCUT2D eigenvalue weighted by Gasteiger charge is -2.09. The van der Waals surface area contributed by atoms with E-state index in [9.17, 15) is 4.79 Å². The Kier molecular flexibility index (Phi) is 5.91. The van der Waals surface area contributed by atoms with E-state index in [-0.39, 0.29) is 5.91 Å². The molecule has 2 heterocycles. The minimum absolute atomic E-state index is 0.153. The Morgan fingerprint density at radius 1 is 1.58 bits per heavy atom. The molecule has 0 radical (unpaired) electrons. The number of carbonyl (C=O) groups excluding carboxylic acids is 1. The average molecular weight is 266 g/mol. The molecule has 2 rings (SSSR count). The fourth-order valence-corrected chi connectivity index (χ4v) is 2.19. The van der Waals surface area contributed by atoms with Crippen LogP contribution in [0.2, 0.25) is 0 Å². The molecule has 0 spiro atoms. The van der Waals surface area contributed by atoms with Crippen LogP contribution in [0.1, 0.15) is 25.0 Å². The van der Waals surface area contributed by atoms with Crippen molar-refractivity contribution < 1.29 is 13.9 Å². The van der Waals surface area contributed by atoms with E-state index in [2.05, 4.69) is 10.6 Å². The van der Waals surface area contributed by atoms with Crippen LogP contribution in [0.3, 0.4) is 0 Å². The second-order valence-corrected chi connectivity index (χ2v) is 4.90. The van der Waals surface area contributed by atoms with Gasteiger partial charge in [-0.2, -0.15) is 0 Å². The van der Waals surface area contributed by atoms with Gasteiger partial charge in [0.15, 0.2) is 0 Å². The highest BCUT2D eigenvalue weighted by molar-refractivity contribution is 5.76. The van der Waals surface area contributed by atoms with Gasteiger partial charge >= 0.3 is 0 Å². The maximum atomic E-state index is 11.6. The molecule has 1 amide bonds. The summed E-state index contributed by atoms with van der Waals surface area (Å²) in [5.74, 6) is 1.49. The van der Waals surface area contributed by atoms with Crippen molar-refractivity contribution in [3.8, 4) is 0 Å². The Hall–Kier alpha value is -1.33. The monoisotopic (exact) mass is 266 g/mol. The third-order valence-corrected chi connectivity index (χ3v) is 3.25. The van der Waals surface area contributed by atoms with Crippen LogP contribution in [-0.2, 0) is 16.1 Å². The van der Waals surface area contributed by atoms with Crippen molar-refractivity contribution >= 4 is 5.91 Å². The average Bonchev–Trinajstić information content (AvgIpc) is 3.06. The van der Waals surface area contributed by atoms with Crippen molar-refractivity contribution in [2.75, 3.05) is 26.2 Å². The molecule has 0 aliphatic carbocycles. The van der Waals surface area contributed by atoms with Crippen LogP contribution in [-0.4, -0.2) is 32.1 Å². The summed E-state index contributed by atoms with van der Waals surface area (Å²) in [6.45, 7) is 3.82. The summed E-state index contributed by atoms with van der Waals surface area (Å²) in [6.07, 6.45) is 4.21. The molecule has 1 saturated heterocycles. The van der Waals surface area contributed by atoms with E-state index in [1.807, 2.05) is 12.1 Å². The molecule has 0 aromatic carbocycles. The number of amides is 1. The minimum atomic E-state index is 0.153. The number of rotatable bonds is 8. The summed E-state index contributed by atoms with van der Waals surface area (Å²) in [4.78, 5) is 11.6. The first-order valence-electron chi connectivity index (χ1n) is 6.92. The van der Waals surface area contributed by atoms with Crippen LogP contribution < -0.4 is 10.6 Å². The first kappa shape index (κ1) is 14.1. The first-order valence-corrected chi connectivity index (χ1v) is 6.92. The molecule has 1 aliphatic rings. The zero-order valence-electron chi connectivity index (χ0n) is 11.2. The third-order valence-electron chi connectivity index (χ3n) is 3.25. The lowest BCUT2D eigenvalue weighted by atomic mass is 10.0. The van der Waals surface area contributed by atoms with Crippen molar-refractivity contribution in [3.63, 3.8) is 0 Å². The Morgan fingerprint density at radius 2 is 2.53 bits per heavy atom. The fraction of sp³-hybridized carbons (Fsp3) is 0.643. The first-order chi connectivity index (χ1) is 9.34. The van der Waals surface area contributed by atoms with Crippen molar-refractivity contribution in [1.82, 2.24) is 10.6 Å². The number of nitrogens with one attached hydrogen (secondary N) is 2. The Labute approximate surface area is 113 Å². The van der Waals surface area contributed by atoms with E-state index in [1.165, 1.54) is 0 Å². The standard InChI is InChI=1S/C14H22N2O3/c17-14(9-12-4-6-15-10-12)16-5-2-7-18-11-13-3-1-8-19-13/h1,3,8,12,15H,2,4-7,9-11H2,(H,16,17). The van der Waals surface area contributed by atoms with Gasteiger partial charge < -0.3 is 19.8 Å². The van der Waals surface area contributed by atoms with E-state index in [4.69, 9.17) is 9.15 Å². The molecule has 19 heavy (non-hydrogen) atoms. The van der Waals surface area contributed by atoms with Crippen molar-refractivity contribution in [3.05, 3.63) is 24.2 Å². The summed E-state index contributed by atoms with van der Waals surface area (Å²) in [7, 11) is 0. The van der Waals surface area contributed by atoms with Gasteiger partial charge in [-0.25, -0.2) is 0 Å². The van der Waals surface area contributed by atoms with Crippen LogP contribution in [0.25, 0.3) is 0 Å². The lowest BCUT2D eigenvalue weighted by molar-refractivity contribution is -0.121. The third kappa shape index (κ3) is 5.44. The predicted octanol–water partition coefficient (Wildman–Crippen LogP) is 1.30. The van der Waals surface area contributed by atoms with Gasteiger partial charge in [0.2, 0.25) is 5.91 Å². The Bertz CT molecular complexity index is 359. The Balaban J connectivity index is 1.44. The van der Waals surface area contributed by atoms with Crippen molar-refractivity contribution in [1.29, 1.82) is 0 Å². The highest BCUT2D eigenvalue weighted by Crippen LogP contribution is 2.11. The van der Waals surface area contributed by atoms with Gasteiger partial charge in [-0.15, -0.1) is 0 Å². The molecule has 1 aromatic rings. The van der Waals surface area contributed by atoms with E-state index in [1.54, 1.807) is 6.26 Å². The minimum Gasteiger partial charge on any atom is -0.467 e. The van der Waals surface area contributed by atoms with E-state index in [0.717, 1.165) is 31.7 Å². The molecule has 0 saturated carbocycles. The van der Waals surface area contributed by atoms with Crippen molar-refractivity contribution in [2.24, 2.45) is 5.92 Å². The summed E-state index contributed by atoms with van der Waals surface area (Å²) >= 11 is 0.